The number of benzene rings is 2. The van der Waals surface area contributed by atoms with Gasteiger partial charge in [0.05, 0.1) is 6.33 Å². The molecule has 0 unspecified atom stereocenters. The SMILES string of the molecule is c1ccc2cc(CCCn3ccnc3)ccc2c1. The fraction of sp³-hybridized carbons (Fsp3) is 0.188. The third-order valence-corrected chi connectivity index (χ3v) is 3.25. The van der Waals surface area contributed by atoms with E-state index in [0.29, 0.717) is 0 Å². The Morgan fingerprint density at radius 3 is 2.72 bits per heavy atom. The molecule has 1 aromatic heterocycles. The van der Waals surface area contributed by atoms with Crippen molar-refractivity contribution in [3.63, 3.8) is 0 Å². The molecule has 0 radical (unpaired) electrons. The molecule has 2 heteroatoms. The molecule has 0 aliphatic heterocycles. The lowest BCUT2D eigenvalue weighted by Crippen LogP contribution is -1.96. The molecule has 18 heavy (non-hydrogen) atoms. The van der Waals surface area contributed by atoms with E-state index >= 15 is 0 Å². The van der Waals surface area contributed by atoms with Crippen LogP contribution in [0.4, 0.5) is 0 Å². The number of aromatic nitrogens is 2. The second-order valence-corrected chi connectivity index (χ2v) is 4.59. The predicted octanol–water partition coefficient (Wildman–Crippen LogP) is 3.67. The normalized spacial score (nSPS) is 10.9. The molecule has 0 saturated carbocycles. The number of rotatable bonds is 4. The van der Waals surface area contributed by atoms with Gasteiger partial charge in [-0.1, -0.05) is 42.5 Å². The van der Waals surface area contributed by atoms with Crippen LogP contribution in [0.2, 0.25) is 0 Å². The molecular formula is C16H16N2. The van der Waals surface area contributed by atoms with Gasteiger partial charge in [0.2, 0.25) is 0 Å². The van der Waals surface area contributed by atoms with E-state index in [1.807, 2.05) is 18.7 Å². The van der Waals surface area contributed by atoms with Crippen LogP contribution in [-0.4, -0.2) is 9.55 Å². The van der Waals surface area contributed by atoms with Crippen molar-refractivity contribution in [1.29, 1.82) is 0 Å². The first-order valence-corrected chi connectivity index (χ1v) is 6.35. The molecule has 90 valence electrons. The lowest BCUT2D eigenvalue weighted by atomic mass is 10.0. The zero-order valence-electron chi connectivity index (χ0n) is 10.3. The maximum Gasteiger partial charge on any atom is 0.0945 e. The van der Waals surface area contributed by atoms with Crippen molar-refractivity contribution in [3.8, 4) is 0 Å². The summed E-state index contributed by atoms with van der Waals surface area (Å²) in [6.07, 6.45) is 7.98. The van der Waals surface area contributed by atoms with E-state index in [1.165, 1.54) is 16.3 Å². The standard InChI is InChI=1S/C16H16N2/c1-2-6-16-12-14(7-8-15(16)5-1)4-3-10-18-11-9-17-13-18/h1-2,5-9,11-13H,3-4,10H2. The Hall–Kier alpha value is -2.09. The summed E-state index contributed by atoms with van der Waals surface area (Å²) in [5, 5.41) is 2.65. The first-order chi connectivity index (χ1) is 8.92. The van der Waals surface area contributed by atoms with Crippen molar-refractivity contribution in [2.24, 2.45) is 0 Å². The Morgan fingerprint density at radius 1 is 1.00 bits per heavy atom. The summed E-state index contributed by atoms with van der Waals surface area (Å²) in [6.45, 7) is 1.03. The maximum absolute atomic E-state index is 4.05. The molecule has 2 nitrogen and oxygen atoms in total. The van der Waals surface area contributed by atoms with Gasteiger partial charge in [-0.3, -0.25) is 0 Å². The van der Waals surface area contributed by atoms with Crippen molar-refractivity contribution < 1.29 is 0 Å². The molecule has 0 bridgehead atoms. The highest BCUT2D eigenvalue weighted by Crippen LogP contribution is 2.16. The summed E-state index contributed by atoms with van der Waals surface area (Å²) >= 11 is 0. The summed E-state index contributed by atoms with van der Waals surface area (Å²) in [6, 6.07) is 15.2. The molecule has 0 amide bonds. The summed E-state index contributed by atoms with van der Waals surface area (Å²) in [5.41, 5.74) is 1.41. The molecule has 0 saturated heterocycles. The molecular weight excluding hydrogens is 220 g/mol. The molecule has 0 aliphatic carbocycles. The van der Waals surface area contributed by atoms with Crippen LogP contribution < -0.4 is 0 Å². The van der Waals surface area contributed by atoms with Crippen LogP contribution in [0.3, 0.4) is 0 Å². The third kappa shape index (κ3) is 2.43. The second-order valence-electron chi connectivity index (χ2n) is 4.59. The predicted molar refractivity (Wildman–Crippen MR) is 74.5 cm³/mol. The highest BCUT2D eigenvalue weighted by atomic mass is 15.0. The van der Waals surface area contributed by atoms with Gasteiger partial charge in [0.25, 0.3) is 0 Å². The van der Waals surface area contributed by atoms with Gasteiger partial charge in [-0.2, -0.15) is 0 Å². The van der Waals surface area contributed by atoms with E-state index < -0.39 is 0 Å². The molecule has 0 spiro atoms. The topological polar surface area (TPSA) is 17.8 Å². The fourth-order valence-corrected chi connectivity index (χ4v) is 2.28. The van der Waals surface area contributed by atoms with Crippen molar-refractivity contribution in [1.82, 2.24) is 9.55 Å². The Kier molecular flexibility index (Phi) is 3.09. The van der Waals surface area contributed by atoms with Crippen LogP contribution in [-0.2, 0) is 13.0 Å². The van der Waals surface area contributed by atoms with Crippen LogP contribution in [0.15, 0.2) is 61.2 Å². The highest BCUT2D eigenvalue weighted by Gasteiger charge is 1.97. The van der Waals surface area contributed by atoms with Gasteiger partial charge >= 0.3 is 0 Å². The van der Waals surface area contributed by atoms with E-state index in [0.717, 1.165) is 19.4 Å². The van der Waals surface area contributed by atoms with Gasteiger partial charge in [0.1, 0.15) is 0 Å². The molecule has 0 aliphatic rings. The Bertz CT molecular complexity index is 626. The molecule has 0 atom stereocenters. The summed E-state index contributed by atoms with van der Waals surface area (Å²) in [4.78, 5) is 4.05. The Balaban J connectivity index is 1.67. The lowest BCUT2D eigenvalue weighted by Gasteiger charge is -2.04. The van der Waals surface area contributed by atoms with Gasteiger partial charge in [0.15, 0.2) is 0 Å². The molecule has 3 aromatic rings. The first-order valence-electron chi connectivity index (χ1n) is 6.35. The van der Waals surface area contributed by atoms with E-state index in [2.05, 4.69) is 52.0 Å². The van der Waals surface area contributed by atoms with Gasteiger partial charge in [-0.05, 0) is 29.2 Å². The first kappa shape index (κ1) is 11.0. The van der Waals surface area contributed by atoms with Crippen LogP contribution in [0.1, 0.15) is 12.0 Å². The van der Waals surface area contributed by atoms with Crippen molar-refractivity contribution in [3.05, 3.63) is 66.7 Å². The van der Waals surface area contributed by atoms with Gasteiger partial charge in [-0.25, -0.2) is 4.98 Å². The van der Waals surface area contributed by atoms with E-state index in [-0.39, 0.29) is 0 Å². The van der Waals surface area contributed by atoms with Gasteiger partial charge in [0, 0.05) is 18.9 Å². The van der Waals surface area contributed by atoms with Crippen LogP contribution in [0, 0.1) is 0 Å². The summed E-state index contributed by atoms with van der Waals surface area (Å²) in [5.74, 6) is 0. The lowest BCUT2D eigenvalue weighted by molar-refractivity contribution is 0.642. The average molecular weight is 236 g/mol. The van der Waals surface area contributed by atoms with Crippen LogP contribution in [0.25, 0.3) is 10.8 Å². The number of hydrogen-bond acceptors (Lipinski definition) is 1. The Morgan fingerprint density at radius 2 is 1.89 bits per heavy atom. The van der Waals surface area contributed by atoms with E-state index in [9.17, 15) is 0 Å². The Labute approximate surface area is 107 Å². The third-order valence-electron chi connectivity index (χ3n) is 3.25. The van der Waals surface area contributed by atoms with Crippen molar-refractivity contribution in [2.45, 2.75) is 19.4 Å². The minimum Gasteiger partial charge on any atom is -0.337 e. The quantitative estimate of drug-likeness (QED) is 0.676. The van der Waals surface area contributed by atoms with E-state index in [1.54, 1.807) is 0 Å². The molecule has 2 aromatic carbocycles. The minimum atomic E-state index is 1.03. The van der Waals surface area contributed by atoms with E-state index in [4.69, 9.17) is 0 Å². The maximum atomic E-state index is 4.05. The number of imidazole rings is 1. The van der Waals surface area contributed by atoms with Crippen molar-refractivity contribution >= 4 is 10.8 Å². The zero-order valence-corrected chi connectivity index (χ0v) is 10.3. The minimum absolute atomic E-state index is 1.03. The second kappa shape index (κ2) is 5.05. The largest absolute Gasteiger partial charge is 0.337 e. The zero-order chi connectivity index (χ0) is 12.2. The molecule has 0 fully saturated rings. The highest BCUT2D eigenvalue weighted by molar-refractivity contribution is 5.82. The molecule has 1 heterocycles. The number of aryl methyl sites for hydroxylation is 2. The molecule has 3 rings (SSSR count). The average Bonchev–Trinajstić information content (AvgIpc) is 2.92. The van der Waals surface area contributed by atoms with Gasteiger partial charge in [-0.15, -0.1) is 0 Å². The van der Waals surface area contributed by atoms with Crippen LogP contribution >= 0.6 is 0 Å². The van der Waals surface area contributed by atoms with Gasteiger partial charge < -0.3 is 4.57 Å². The number of hydrogen-bond donors (Lipinski definition) is 0. The number of fused-ring (bicyclic) bond motifs is 1. The van der Waals surface area contributed by atoms with Crippen molar-refractivity contribution in [2.75, 3.05) is 0 Å². The molecule has 0 N–H and O–H groups in total. The summed E-state index contributed by atoms with van der Waals surface area (Å²) in [7, 11) is 0. The summed E-state index contributed by atoms with van der Waals surface area (Å²) < 4.78 is 2.13. The smallest absolute Gasteiger partial charge is 0.0945 e. The number of nitrogens with zero attached hydrogens (tertiary/aromatic N) is 2. The van der Waals surface area contributed by atoms with Crippen LogP contribution in [0.5, 0.6) is 0 Å². The monoisotopic (exact) mass is 236 g/mol. The fourth-order valence-electron chi connectivity index (χ4n) is 2.28.